The van der Waals surface area contributed by atoms with E-state index in [-0.39, 0.29) is 18.3 Å². The molecule has 6 nitrogen and oxygen atoms in total. The van der Waals surface area contributed by atoms with Gasteiger partial charge in [0.25, 0.3) is 0 Å². The zero-order valence-electron chi connectivity index (χ0n) is 23.6. The standard InChI is InChI=1S/C18H24BNO3S.C12H12ClNOS/c1-17(2)18(3,4)23-19(22-17)13-5-6-15-14(11-13)20-16(24-15)12-7-9-21-10-8-12;13-9-1-2-11-10(7-9)14-12(16-11)8-3-5-15-6-4-8/h5-6,11-12H,7-10H2,1-4H3;1-2,7-8H,3-6H2. The molecule has 0 N–H and O–H groups in total. The molecule has 0 unspecified atom stereocenters. The lowest BCUT2D eigenvalue weighted by Gasteiger charge is -2.32. The second-order valence-corrected chi connectivity index (χ2v) is 14.4. The Kier molecular flexibility index (Phi) is 8.27. The summed E-state index contributed by atoms with van der Waals surface area (Å²) in [6.45, 7) is 11.7. The van der Waals surface area contributed by atoms with Crippen LogP contribution in [0.5, 0.6) is 0 Å². The number of nitrogens with zero attached hydrogens (tertiary/aromatic N) is 2. The third kappa shape index (κ3) is 5.98. The highest BCUT2D eigenvalue weighted by atomic mass is 35.5. The van der Waals surface area contributed by atoms with Gasteiger partial charge in [0, 0.05) is 43.3 Å². The van der Waals surface area contributed by atoms with E-state index in [0.717, 1.165) is 73.6 Å². The molecule has 7 rings (SSSR count). The number of rotatable bonds is 3. The molecule has 0 atom stereocenters. The summed E-state index contributed by atoms with van der Waals surface area (Å²) < 4.78 is 25.6. The van der Waals surface area contributed by atoms with Crippen LogP contribution >= 0.6 is 34.3 Å². The van der Waals surface area contributed by atoms with Crippen LogP contribution < -0.4 is 5.46 Å². The average Bonchev–Trinajstić information content (AvgIpc) is 3.62. The molecule has 0 radical (unpaired) electrons. The topological polar surface area (TPSA) is 62.7 Å². The Hall–Kier alpha value is -1.59. The maximum Gasteiger partial charge on any atom is 0.494 e. The van der Waals surface area contributed by atoms with Crippen LogP contribution in [0, 0.1) is 0 Å². The number of benzene rings is 2. The molecular formula is C30H36BClN2O4S2. The number of halogens is 1. The molecule has 3 saturated heterocycles. The second-order valence-electron chi connectivity index (χ2n) is 11.8. The summed E-state index contributed by atoms with van der Waals surface area (Å²) in [6, 6.07) is 12.3. The molecule has 0 saturated carbocycles. The van der Waals surface area contributed by atoms with E-state index in [1.54, 1.807) is 22.7 Å². The van der Waals surface area contributed by atoms with Gasteiger partial charge in [0.05, 0.1) is 41.7 Å². The first kappa shape index (κ1) is 28.5. The monoisotopic (exact) mass is 598 g/mol. The molecule has 0 amide bonds. The molecule has 3 aliphatic rings. The minimum Gasteiger partial charge on any atom is -0.399 e. The summed E-state index contributed by atoms with van der Waals surface area (Å²) in [4.78, 5) is 9.57. The van der Waals surface area contributed by atoms with Gasteiger partial charge in [-0.1, -0.05) is 17.7 Å². The molecular weight excluding hydrogens is 563 g/mol. The quantitative estimate of drug-likeness (QED) is 0.230. The van der Waals surface area contributed by atoms with E-state index in [1.807, 2.05) is 12.1 Å². The Morgan fingerprint density at radius 2 is 1.20 bits per heavy atom. The predicted octanol–water partition coefficient (Wildman–Crippen LogP) is 7.33. The fraction of sp³-hybridized carbons (Fsp3) is 0.533. The highest BCUT2D eigenvalue weighted by Gasteiger charge is 2.51. The van der Waals surface area contributed by atoms with Gasteiger partial charge in [-0.2, -0.15) is 0 Å². The maximum absolute atomic E-state index is 6.16. The van der Waals surface area contributed by atoms with Gasteiger partial charge < -0.3 is 18.8 Å². The van der Waals surface area contributed by atoms with E-state index >= 15 is 0 Å². The third-order valence-electron chi connectivity index (χ3n) is 8.46. The Labute approximate surface area is 249 Å². The molecule has 0 aliphatic carbocycles. The van der Waals surface area contributed by atoms with Crippen LogP contribution in [0.1, 0.15) is 75.2 Å². The van der Waals surface area contributed by atoms with Crippen molar-refractivity contribution in [1.82, 2.24) is 9.97 Å². The number of hydrogen-bond acceptors (Lipinski definition) is 8. The fourth-order valence-corrected chi connectivity index (χ4v) is 7.64. The molecule has 5 heterocycles. The molecule has 0 spiro atoms. The van der Waals surface area contributed by atoms with Crippen LogP contribution in [0.2, 0.25) is 5.02 Å². The van der Waals surface area contributed by atoms with Crippen LogP contribution in [-0.4, -0.2) is 54.7 Å². The van der Waals surface area contributed by atoms with Gasteiger partial charge in [-0.05, 0) is 89.2 Å². The Morgan fingerprint density at radius 3 is 1.73 bits per heavy atom. The number of thiazole rings is 2. The zero-order valence-corrected chi connectivity index (χ0v) is 26.0. The van der Waals surface area contributed by atoms with Crippen molar-refractivity contribution in [2.45, 2.75) is 76.4 Å². The van der Waals surface area contributed by atoms with Crippen molar-refractivity contribution in [3.63, 3.8) is 0 Å². The van der Waals surface area contributed by atoms with Crippen molar-refractivity contribution < 1.29 is 18.8 Å². The van der Waals surface area contributed by atoms with Gasteiger partial charge >= 0.3 is 7.12 Å². The lowest BCUT2D eigenvalue weighted by atomic mass is 9.79. The van der Waals surface area contributed by atoms with Crippen LogP contribution in [0.25, 0.3) is 20.4 Å². The van der Waals surface area contributed by atoms with Crippen molar-refractivity contribution in [3.8, 4) is 0 Å². The largest absolute Gasteiger partial charge is 0.494 e. The number of ether oxygens (including phenoxy) is 2. The van der Waals surface area contributed by atoms with Crippen molar-refractivity contribution in [1.29, 1.82) is 0 Å². The summed E-state index contributed by atoms with van der Waals surface area (Å²) in [7, 11) is -0.326. The van der Waals surface area contributed by atoms with E-state index in [2.05, 4.69) is 56.9 Å². The molecule has 10 heteroatoms. The van der Waals surface area contributed by atoms with Crippen LogP contribution in [0.3, 0.4) is 0 Å². The van der Waals surface area contributed by atoms with Crippen molar-refractivity contribution >= 4 is 67.3 Å². The van der Waals surface area contributed by atoms with Crippen LogP contribution in [0.4, 0.5) is 0 Å². The van der Waals surface area contributed by atoms with Crippen LogP contribution in [-0.2, 0) is 18.8 Å². The first-order valence-electron chi connectivity index (χ1n) is 14.2. The van der Waals surface area contributed by atoms with Crippen LogP contribution in [0.15, 0.2) is 36.4 Å². The summed E-state index contributed by atoms with van der Waals surface area (Å²) in [5, 5.41) is 3.23. The number of aromatic nitrogens is 2. The molecule has 2 aromatic carbocycles. The van der Waals surface area contributed by atoms with E-state index in [0.29, 0.717) is 11.8 Å². The van der Waals surface area contributed by atoms with E-state index in [9.17, 15) is 0 Å². The zero-order chi connectivity index (χ0) is 27.9. The van der Waals surface area contributed by atoms with E-state index in [4.69, 9.17) is 35.4 Å². The minimum absolute atomic E-state index is 0.318. The highest BCUT2D eigenvalue weighted by Crippen LogP contribution is 2.38. The first-order chi connectivity index (χ1) is 19.2. The lowest BCUT2D eigenvalue weighted by molar-refractivity contribution is 0.00578. The molecule has 40 heavy (non-hydrogen) atoms. The van der Waals surface area contributed by atoms with Gasteiger partial charge in [0.1, 0.15) is 0 Å². The van der Waals surface area contributed by atoms with Gasteiger partial charge in [0.15, 0.2) is 0 Å². The van der Waals surface area contributed by atoms with Gasteiger partial charge in [-0.25, -0.2) is 9.97 Å². The smallest absolute Gasteiger partial charge is 0.399 e. The number of hydrogen-bond donors (Lipinski definition) is 0. The Morgan fingerprint density at radius 1 is 0.725 bits per heavy atom. The average molecular weight is 599 g/mol. The van der Waals surface area contributed by atoms with Gasteiger partial charge in [0.2, 0.25) is 0 Å². The van der Waals surface area contributed by atoms with Gasteiger partial charge in [-0.3, -0.25) is 0 Å². The Bertz CT molecular complexity index is 1460. The normalized spacial score (nSPS) is 21.6. The summed E-state index contributed by atoms with van der Waals surface area (Å²) in [6.07, 6.45) is 4.33. The minimum atomic E-state index is -0.326. The van der Waals surface area contributed by atoms with Crippen molar-refractivity contribution in [2.24, 2.45) is 0 Å². The molecule has 3 aliphatic heterocycles. The Balaban J connectivity index is 0.000000157. The second kappa shape index (κ2) is 11.6. The third-order valence-corrected chi connectivity index (χ3v) is 11.1. The van der Waals surface area contributed by atoms with Gasteiger partial charge in [-0.15, -0.1) is 22.7 Å². The highest BCUT2D eigenvalue weighted by molar-refractivity contribution is 7.19. The fourth-order valence-electron chi connectivity index (χ4n) is 5.24. The predicted molar refractivity (Wildman–Crippen MR) is 166 cm³/mol. The number of fused-ring (bicyclic) bond motifs is 2. The maximum atomic E-state index is 6.16. The summed E-state index contributed by atoms with van der Waals surface area (Å²) >= 11 is 9.55. The summed E-state index contributed by atoms with van der Waals surface area (Å²) in [5.41, 5.74) is 2.49. The molecule has 4 aromatic rings. The molecule has 3 fully saturated rings. The first-order valence-corrected chi connectivity index (χ1v) is 16.2. The lowest BCUT2D eigenvalue weighted by Crippen LogP contribution is -2.41. The molecule has 0 bridgehead atoms. The van der Waals surface area contributed by atoms with E-state index in [1.165, 1.54) is 19.4 Å². The SMILES string of the molecule is CC1(C)OB(c2ccc3sc(C4CCOCC4)nc3c2)OC1(C)C.Clc1ccc2sc(C3CCOCC3)nc2c1. The van der Waals surface area contributed by atoms with Crippen molar-refractivity contribution in [2.75, 3.05) is 26.4 Å². The summed E-state index contributed by atoms with van der Waals surface area (Å²) in [5.74, 6) is 1.11. The van der Waals surface area contributed by atoms with Crippen molar-refractivity contribution in [3.05, 3.63) is 51.4 Å². The van der Waals surface area contributed by atoms with E-state index < -0.39 is 0 Å². The molecule has 2 aromatic heterocycles. The molecule has 212 valence electrons.